The predicted octanol–water partition coefficient (Wildman–Crippen LogP) is 18.6. The van der Waals surface area contributed by atoms with Crippen molar-refractivity contribution in [2.24, 2.45) is 0 Å². The molecule has 67 heavy (non-hydrogen) atoms. The lowest BCUT2D eigenvalue weighted by Crippen LogP contribution is -2.76. The van der Waals surface area contributed by atoms with Gasteiger partial charge in [0, 0.05) is 47.5 Å². The van der Waals surface area contributed by atoms with Crippen LogP contribution >= 0.6 is 22.2 Å². The van der Waals surface area contributed by atoms with Crippen molar-refractivity contribution in [1.82, 2.24) is 0 Å². The maximum absolute atomic E-state index is 6.50. The molecule has 0 saturated carbocycles. The van der Waals surface area contributed by atoms with Crippen molar-refractivity contribution < 1.29 is 9.47 Å². The van der Waals surface area contributed by atoms with Gasteiger partial charge in [-0.3, -0.25) is 0 Å². The van der Waals surface area contributed by atoms with Gasteiger partial charge in [0.2, 0.25) is 6.69 Å². The molecule has 2 atom stereocenters. The molecule has 2 nitrogen and oxygen atoms in total. The highest BCUT2D eigenvalue weighted by Crippen LogP contribution is 2.71. The molecule has 370 valence electrons. The minimum absolute atomic E-state index is 0.00222. The minimum Gasteiger partial charge on any atom is -0.376 e. The number of ether oxygens (including phenoxy) is 2. The summed E-state index contributed by atoms with van der Waals surface area (Å²) in [4.78, 5) is 0. The van der Waals surface area contributed by atoms with E-state index < -0.39 is 39.0 Å². The molecule has 0 aromatic heterocycles. The fourth-order valence-electron chi connectivity index (χ4n) is 11.3. The van der Waals surface area contributed by atoms with Crippen LogP contribution in [-0.4, -0.2) is 63.4 Å². The molecule has 0 radical (unpaired) electrons. The van der Waals surface area contributed by atoms with Gasteiger partial charge in [0.15, 0.2) is 0 Å². The molecule has 3 aromatic rings. The SMILES string of the molecule is CC(C)(C)OCCCCCC[Si](C)(Cl)Cl.CC(C)(C)OCC[Si]1(C)C2(C=C(C[Si](C)(C)C)c3ccccc32)CC12C=C(C[Si](C)(C)C)c1ccccc12.C[Si](C)(C)CC1=CCc2ccccc21. The molecule has 1 saturated heterocycles. The molecule has 3 aromatic carbocycles. The van der Waals surface area contributed by atoms with E-state index in [-0.39, 0.29) is 21.3 Å². The van der Waals surface area contributed by atoms with Crippen LogP contribution in [0.2, 0.25) is 102 Å². The molecule has 9 heteroatoms. The maximum Gasteiger partial charge on any atom is 0.248 e. The molecule has 1 heterocycles. The van der Waals surface area contributed by atoms with Crippen LogP contribution in [0.1, 0.15) is 107 Å². The first-order chi connectivity index (χ1) is 30.8. The largest absolute Gasteiger partial charge is 0.376 e. The molecular formula is C58H92Cl2O2Si5. The van der Waals surface area contributed by atoms with Crippen LogP contribution in [0.25, 0.3) is 16.7 Å². The smallest absolute Gasteiger partial charge is 0.248 e. The van der Waals surface area contributed by atoms with Crippen molar-refractivity contribution in [2.75, 3.05) is 13.2 Å². The second kappa shape index (κ2) is 21.7. The predicted molar refractivity (Wildman–Crippen MR) is 314 cm³/mol. The fraction of sp³-hybridized carbons (Fsp3) is 0.586. The van der Waals surface area contributed by atoms with Crippen molar-refractivity contribution in [2.45, 2.75) is 204 Å². The first-order valence-corrected chi connectivity index (χ1v) is 44.4. The van der Waals surface area contributed by atoms with Gasteiger partial charge in [-0.1, -0.05) is 176 Å². The Labute approximate surface area is 425 Å². The second-order valence-electron chi connectivity index (χ2n) is 26.6. The van der Waals surface area contributed by atoms with Crippen LogP contribution in [-0.2, 0) is 26.0 Å². The highest BCUT2D eigenvalue weighted by Gasteiger charge is 2.74. The first kappa shape index (κ1) is 56.4. The third-order valence-electron chi connectivity index (χ3n) is 14.2. The number of halogens is 2. The summed E-state index contributed by atoms with van der Waals surface area (Å²) >= 11 is 12.0. The number of unbranched alkanes of at least 4 members (excludes halogenated alkanes) is 3. The standard InChI is InChI=1S/C34H50OSi3.C13H18Si.C11H24Cl2OSi/c1-32(2,3)35-19-20-38(10)33(21-26(23-36(4,5)6)28-15-11-13-17-30(28)33)25-34(38)22-27(24-37(7,8)9)29-16-12-14-18-31(29)34;1-14(2,3)10-12-9-8-11-6-4-5-7-13(11)12;1-11(2,3)14-9-7-5-6-8-10-15(4,12)13/h11-18,21-22H,19-20,23-25H2,1-10H3;4-7,9H,8,10H2,1-3H3;5-10H2,1-4H3. The van der Waals surface area contributed by atoms with Crippen molar-refractivity contribution in [3.8, 4) is 0 Å². The van der Waals surface area contributed by atoms with Crippen LogP contribution in [0.3, 0.4) is 0 Å². The highest BCUT2D eigenvalue weighted by atomic mass is 35.7. The zero-order valence-corrected chi connectivity index (χ0v) is 51.9. The summed E-state index contributed by atoms with van der Waals surface area (Å²) in [6.07, 6.45) is 15.2. The average molecular weight is 1030 g/mol. The van der Waals surface area contributed by atoms with Gasteiger partial charge in [-0.15, -0.1) is 22.2 Å². The molecule has 1 fully saturated rings. The summed E-state index contributed by atoms with van der Waals surface area (Å²) in [5.74, 6) is 0. The molecule has 2 spiro atoms. The Morgan fingerprint density at radius 3 is 1.42 bits per heavy atom. The monoisotopic (exact) mass is 1030 g/mol. The molecule has 7 rings (SSSR count). The molecule has 4 aliphatic rings. The zero-order valence-electron chi connectivity index (χ0n) is 45.4. The van der Waals surface area contributed by atoms with E-state index >= 15 is 0 Å². The highest BCUT2D eigenvalue weighted by molar-refractivity contribution is 7.44. The van der Waals surface area contributed by atoms with E-state index in [1.165, 1.54) is 54.6 Å². The van der Waals surface area contributed by atoms with Gasteiger partial charge < -0.3 is 9.47 Å². The lowest BCUT2D eigenvalue weighted by Gasteiger charge is -2.67. The summed E-state index contributed by atoms with van der Waals surface area (Å²) in [5.41, 5.74) is 14.2. The van der Waals surface area contributed by atoms with Gasteiger partial charge in [0.25, 0.3) is 0 Å². The van der Waals surface area contributed by atoms with Crippen LogP contribution in [0.5, 0.6) is 0 Å². The number of benzene rings is 3. The fourth-order valence-corrected chi connectivity index (χ4v) is 23.2. The van der Waals surface area contributed by atoms with Crippen LogP contribution in [0.15, 0.2) is 91.0 Å². The summed E-state index contributed by atoms with van der Waals surface area (Å²) in [6.45, 7) is 39.9. The van der Waals surface area contributed by atoms with E-state index in [2.05, 4.69) is 198 Å². The van der Waals surface area contributed by atoms with Crippen molar-refractivity contribution in [3.63, 3.8) is 0 Å². The Bertz CT molecular complexity index is 2130. The summed E-state index contributed by atoms with van der Waals surface area (Å²) in [6, 6.07) is 33.9. The normalized spacial score (nSPS) is 22.2. The third kappa shape index (κ3) is 15.0. The molecule has 3 aliphatic carbocycles. The first-order valence-electron chi connectivity index (χ1n) is 25.8. The van der Waals surface area contributed by atoms with E-state index in [9.17, 15) is 0 Å². The van der Waals surface area contributed by atoms with Crippen molar-refractivity contribution in [1.29, 1.82) is 0 Å². The van der Waals surface area contributed by atoms with Gasteiger partial charge in [0.1, 0.15) is 0 Å². The molecule has 0 N–H and O–H groups in total. The Morgan fingerprint density at radius 2 is 0.955 bits per heavy atom. The van der Waals surface area contributed by atoms with Gasteiger partial charge in [0.05, 0.1) is 19.3 Å². The zero-order chi connectivity index (χ0) is 49.9. The maximum atomic E-state index is 6.50. The number of hydrogen-bond donors (Lipinski definition) is 0. The topological polar surface area (TPSA) is 18.5 Å². The minimum atomic E-state index is -2.01. The Morgan fingerprint density at radius 1 is 0.537 bits per heavy atom. The van der Waals surface area contributed by atoms with Crippen LogP contribution < -0.4 is 0 Å². The van der Waals surface area contributed by atoms with E-state index in [0.717, 1.165) is 38.5 Å². The second-order valence-corrected chi connectivity index (χ2v) is 56.2. The van der Waals surface area contributed by atoms with Gasteiger partial charge in [-0.2, -0.15) is 0 Å². The molecular weight excluding hydrogens is 940 g/mol. The summed E-state index contributed by atoms with van der Waals surface area (Å²) in [5, 5.41) is 0.385. The lowest BCUT2D eigenvalue weighted by atomic mass is 9.83. The summed E-state index contributed by atoms with van der Waals surface area (Å²) in [7, 11) is -5.49. The van der Waals surface area contributed by atoms with E-state index in [1.54, 1.807) is 39.0 Å². The molecule has 1 aliphatic heterocycles. The number of rotatable bonds is 16. The van der Waals surface area contributed by atoms with Gasteiger partial charge in [-0.05, 0) is 148 Å². The van der Waals surface area contributed by atoms with Gasteiger partial charge in [-0.25, -0.2) is 0 Å². The van der Waals surface area contributed by atoms with E-state index in [1.807, 2.05) is 6.55 Å². The molecule has 0 bridgehead atoms. The van der Waals surface area contributed by atoms with Crippen molar-refractivity contribution >= 4 is 77.9 Å². The lowest BCUT2D eigenvalue weighted by molar-refractivity contribution is -0.00473. The van der Waals surface area contributed by atoms with Crippen LogP contribution in [0, 0.1) is 0 Å². The number of hydrogen-bond acceptors (Lipinski definition) is 2. The Balaban J connectivity index is 0.000000237. The Kier molecular flexibility index (Phi) is 18.2. The van der Waals surface area contributed by atoms with Gasteiger partial charge >= 0.3 is 0 Å². The van der Waals surface area contributed by atoms with Crippen LogP contribution in [0.4, 0.5) is 0 Å². The van der Waals surface area contributed by atoms with Crippen molar-refractivity contribution in [3.05, 3.63) is 124 Å². The van der Waals surface area contributed by atoms with E-state index in [4.69, 9.17) is 31.6 Å². The third-order valence-corrected chi connectivity index (χ3v) is 27.2. The number of fused-ring (bicyclic) bond motifs is 5. The molecule has 0 amide bonds. The quantitative estimate of drug-likeness (QED) is 0.0809. The van der Waals surface area contributed by atoms with E-state index in [0.29, 0.717) is 0 Å². The molecule has 2 unspecified atom stereocenters. The number of allylic oxidation sites excluding steroid dienone is 6. The summed E-state index contributed by atoms with van der Waals surface area (Å²) < 4.78 is 12.1. The average Bonchev–Trinajstić information content (AvgIpc) is 3.84. The Hall–Kier alpha value is -1.54.